The van der Waals surface area contributed by atoms with Gasteiger partial charge in [0.1, 0.15) is 11.3 Å². The highest BCUT2D eigenvalue weighted by Gasteiger charge is 2.15. The SMILES string of the molecule is CCCCn1c(SCC(=O)Nc2ccccc2F)nc2cc(C)[nH]c2c1=O. The van der Waals surface area contributed by atoms with Gasteiger partial charge in [0.15, 0.2) is 5.16 Å². The van der Waals surface area contributed by atoms with E-state index in [1.165, 1.54) is 23.9 Å². The normalized spacial score (nSPS) is 11.1. The van der Waals surface area contributed by atoms with Crippen molar-refractivity contribution in [3.63, 3.8) is 0 Å². The van der Waals surface area contributed by atoms with Gasteiger partial charge in [-0.25, -0.2) is 9.37 Å². The van der Waals surface area contributed by atoms with Crippen LogP contribution in [0, 0.1) is 12.7 Å². The Hall–Kier alpha value is -2.61. The van der Waals surface area contributed by atoms with Gasteiger partial charge in [0.25, 0.3) is 5.56 Å². The lowest BCUT2D eigenvalue weighted by atomic mass is 10.3. The minimum absolute atomic E-state index is 0.0296. The molecule has 0 saturated heterocycles. The number of unbranched alkanes of at least 4 members (excludes halogenated alkanes) is 1. The maximum Gasteiger partial charge on any atom is 0.278 e. The van der Waals surface area contributed by atoms with E-state index in [4.69, 9.17) is 0 Å². The van der Waals surface area contributed by atoms with E-state index >= 15 is 0 Å². The molecule has 0 bridgehead atoms. The standard InChI is InChI=1S/C19H21FN4O2S/c1-3-4-9-24-18(26)17-15(10-12(2)21-17)23-19(24)27-11-16(25)22-14-8-6-5-7-13(14)20/h5-8,10,21H,3-4,9,11H2,1-2H3,(H,22,25). The summed E-state index contributed by atoms with van der Waals surface area (Å²) in [6.45, 7) is 4.45. The van der Waals surface area contributed by atoms with Gasteiger partial charge in [0.05, 0.1) is 17.0 Å². The van der Waals surface area contributed by atoms with Gasteiger partial charge in [-0.05, 0) is 31.5 Å². The van der Waals surface area contributed by atoms with E-state index < -0.39 is 5.82 Å². The molecule has 3 rings (SSSR count). The summed E-state index contributed by atoms with van der Waals surface area (Å²) in [7, 11) is 0. The largest absolute Gasteiger partial charge is 0.353 e. The lowest BCUT2D eigenvalue weighted by Gasteiger charge is -2.11. The summed E-state index contributed by atoms with van der Waals surface area (Å²) in [5.41, 5.74) is 1.91. The van der Waals surface area contributed by atoms with Gasteiger partial charge in [-0.15, -0.1) is 0 Å². The molecule has 0 aliphatic heterocycles. The van der Waals surface area contributed by atoms with Crippen molar-refractivity contribution in [3.8, 4) is 0 Å². The fourth-order valence-electron chi connectivity index (χ4n) is 2.71. The van der Waals surface area contributed by atoms with E-state index in [1.54, 1.807) is 16.7 Å². The molecule has 0 radical (unpaired) electrons. The van der Waals surface area contributed by atoms with E-state index in [0.29, 0.717) is 22.7 Å². The Labute approximate surface area is 160 Å². The average molecular weight is 388 g/mol. The minimum Gasteiger partial charge on any atom is -0.353 e. The van der Waals surface area contributed by atoms with Crippen LogP contribution in [0.3, 0.4) is 0 Å². The molecule has 0 atom stereocenters. The van der Waals surface area contributed by atoms with Crippen LogP contribution in [0.4, 0.5) is 10.1 Å². The topological polar surface area (TPSA) is 79.8 Å². The summed E-state index contributed by atoms with van der Waals surface area (Å²) in [5, 5.41) is 3.03. The number of para-hydroxylation sites is 1. The first-order chi connectivity index (χ1) is 13.0. The second-order valence-electron chi connectivity index (χ2n) is 6.23. The number of nitrogens with zero attached hydrogens (tertiary/aromatic N) is 2. The van der Waals surface area contributed by atoms with Crippen LogP contribution in [0.1, 0.15) is 25.5 Å². The van der Waals surface area contributed by atoms with E-state index in [-0.39, 0.29) is 22.9 Å². The predicted molar refractivity (Wildman–Crippen MR) is 106 cm³/mol. The summed E-state index contributed by atoms with van der Waals surface area (Å²) < 4.78 is 15.3. The first-order valence-electron chi connectivity index (χ1n) is 8.77. The number of thioether (sulfide) groups is 1. The number of hydrogen-bond donors (Lipinski definition) is 2. The van der Waals surface area contributed by atoms with Crippen LogP contribution in [-0.4, -0.2) is 26.2 Å². The number of amides is 1. The van der Waals surface area contributed by atoms with Crippen LogP contribution in [-0.2, 0) is 11.3 Å². The smallest absolute Gasteiger partial charge is 0.278 e. The molecule has 2 aromatic heterocycles. The predicted octanol–water partition coefficient (Wildman–Crippen LogP) is 3.70. The number of H-pyrrole nitrogens is 1. The molecule has 1 aromatic carbocycles. The van der Waals surface area contributed by atoms with Gasteiger partial charge < -0.3 is 10.3 Å². The zero-order valence-electron chi connectivity index (χ0n) is 15.2. The van der Waals surface area contributed by atoms with Crippen molar-refractivity contribution in [2.45, 2.75) is 38.4 Å². The minimum atomic E-state index is -0.488. The van der Waals surface area contributed by atoms with Gasteiger partial charge in [-0.2, -0.15) is 0 Å². The summed E-state index contributed by atoms with van der Waals surface area (Å²) >= 11 is 1.17. The molecule has 0 saturated carbocycles. The first kappa shape index (κ1) is 19.2. The van der Waals surface area contributed by atoms with Crippen molar-refractivity contribution in [1.29, 1.82) is 0 Å². The van der Waals surface area contributed by atoms with Gasteiger partial charge in [0.2, 0.25) is 5.91 Å². The number of aryl methyl sites for hydroxylation is 1. The number of fused-ring (bicyclic) bond motifs is 1. The zero-order chi connectivity index (χ0) is 19.4. The van der Waals surface area contributed by atoms with Crippen LogP contribution in [0.15, 0.2) is 40.3 Å². The van der Waals surface area contributed by atoms with Crippen molar-refractivity contribution in [2.24, 2.45) is 0 Å². The number of nitrogens with one attached hydrogen (secondary N) is 2. The zero-order valence-corrected chi connectivity index (χ0v) is 16.0. The molecular formula is C19H21FN4O2S. The van der Waals surface area contributed by atoms with Crippen LogP contribution in [0.5, 0.6) is 0 Å². The molecule has 0 fully saturated rings. The highest BCUT2D eigenvalue weighted by atomic mass is 32.2. The fraction of sp³-hybridized carbons (Fsp3) is 0.316. The number of halogens is 1. The number of carbonyl (C=O) groups is 1. The number of aromatic nitrogens is 3. The molecule has 0 aliphatic rings. The van der Waals surface area contributed by atoms with Gasteiger partial charge in [-0.3, -0.25) is 14.2 Å². The average Bonchev–Trinajstić information content (AvgIpc) is 3.02. The molecule has 1 amide bonds. The highest BCUT2D eigenvalue weighted by Crippen LogP contribution is 2.20. The maximum absolute atomic E-state index is 13.7. The Morgan fingerprint density at radius 2 is 2.15 bits per heavy atom. The molecule has 8 heteroatoms. The molecule has 0 aliphatic carbocycles. The van der Waals surface area contributed by atoms with Crippen LogP contribution < -0.4 is 10.9 Å². The van der Waals surface area contributed by atoms with Crippen LogP contribution in [0.2, 0.25) is 0 Å². The monoisotopic (exact) mass is 388 g/mol. The lowest BCUT2D eigenvalue weighted by molar-refractivity contribution is -0.113. The molecule has 142 valence electrons. The Kier molecular flexibility index (Phi) is 5.95. The van der Waals surface area contributed by atoms with Crippen molar-refractivity contribution in [1.82, 2.24) is 14.5 Å². The molecule has 3 aromatic rings. The molecule has 0 spiro atoms. The van der Waals surface area contributed by atoms with Crippen LogP contribution >= 0.6 is 11.8 Å². The number of carbonyl (C=O) groups excluding carboxylic acids is 1. The van der Waals surface area contributed by atoms with E-state index in [0.717, 1.165) is 18.5 Å². The van der Waals surface area contributed by atoms with Crippen molar-refractivity contribution < 1.29 is 9.18 Å². The summed E-state index contributed by atoms with van der Waals surface area (Å²) in [5.74, 6) is -0.813. The third kappa shape index (κ3) is 4.39. The maximum atomic E-state index is 13.7. The number of aromatic amines is 1. The Morgan fingerprint density at radius 1 is 1.37 bits per heavy atom. The number of anilines is 1. The second kappa shape index (κ2) is 8.39. The quantitative estimate of drug-likeness (QED) is 0.478. The molecule has 0 unspecified atom stereocenters. The van der Waals surface area contributed by atoms with Crippen molar-refractivity contribution in [2.75, 3.05) is 11.1 Å². The summed E-state index contributed by atoms with van der Waals surface area (Å²) in [6, 6.07) is 7.81. The Morgan fingerprint density at radius 3 is 2.89 bits per heavy atom. The Balaban J connectivity index is 1.81. The number of benzene rings is 1. The highest BCUT2D eigenvalue weighted by molar-refractivity contribution is 7.99. The fourth-order valence-corrected chi connectivity index (χ4v) is 3.54. The summed E-state index contributed by atoms with van der Waals surface area (Å²) in [4.78, 5) is 32.6. The van der Waals surface area contributed by atoms with Gasteiger partial charge in [0, 0.05) is 12.2 Å². The summed E-state index contributed by atoms with van der Waals surface area (Å²) in [6.07, 6.45) is 1.77. The van der Waals surface area contributed by atoms with E-state index in [2.05, 4.69) is 15.3 Å². The lowest BCUT2D eigenvalue weighted by Crippen LogP contribution is -2.24. The molecule has 27 heavy (non-hydrogen) atoms. The second-order valence-corrected chi connectivity index (χ2v) is 7.18. The van der Waals surface area contributed by atoms with Gasteiger partial charge >= 0.3 is 0 Å². The molecule has 2 N–H and O–H groups in total. The van der Waals surface area contributed by atoms with Crippen molar-refractivity contribution >= 4 is 34.4 Å². The molecule has 6 nitrogen and oxygen atoms in total. The number of rotatable bonds is 7. The Bertz CT molecular complexity index is 1030. The third-order valence-corrected chi connectivity index (χ3v) is 5.03. The molecule has 2 heterocycles. The first-order valence-corrected chi connectivity index (χ1v) is 9.75. The third-order valence-electron chi connectivity index (χ3n) is 4.05. The van der Waals surface area contributed by atoms with E-state index in [1.807, 2.05) is 19.9 Å². The number of hydrogen-bond acceptors (Lipinski definition) is 4. The van der Waals surface area contributed by atoms with Crippen LogP contribution in [0.25, 0.3) is 11.0 Å². The van der Waals surface area contributed by atoms with Gasteiger partial charge in [-0.1, -0.05) is 37.2 Å². The molecular weight excluding hydrogens is 367 g/mol. The van der Waals surface area contributed by atoms with Crippen molar-refractivity contribution in [3.05, 3.63) is 52.2 Å². The van der Waals surface area contributed by atoms with E-state index in [9.17, 15) is 14.0 Å².